The van der Waals surface area contributed by atoms with Crippen molar-refractivity contribution in [1.82, 2.24) is 4.98 Å². The van der Waals surface area contributed by atoms with E-state index in [-0.39, 0.29) is 12.3 Å². The van der Waals surface area contributed by atoms with E-state index in [1.807, 2.05) is 6.07 Å². The molecule has 3 rings (SSSR count). The van der Waals surface area contributed by atoms with Crippen molar-refractivity contribution < 1.29 is 22.7 Å². The van der Waals surface area contributed by atoms with Gasteiger partial charge in [-0.25, -0.2) is 4.98 Å². The zero-order valence-corrected chi connectivity index (χ0v) is 13.9. The maximum absolute atomic E-state index is 12.5. The topological polar surface area (TPSA) is 54.5 Å². The summed E-state index contributed by atoms with van der Waals surface area (Å²) in [6.45, 7) is 2.86. The number of rotatable bonds is 4. The fourth-order valence-electron chi connectivity index (χ4n) is 2.64. The van der Waals surface area contributed by atoms with Gasteiger partial charge in [-0.3, -0.25) is 4.79 Å². The molecule has 26 heavy (non-hydrogen) atoms. The Morgan fingerprint density at radius 1 is 1.12 bits per heavy atom. The van der Waals surface area contributed by atoms with Crippen LogP contribution in [0.15, 0.2) is 42.6 Å². The second-order valence-corrected chi connectivity index (χ2v) is 5.92. The SMILES string of the molecule is O=C(Cc1ccc(C(F)(F)F)cc1)Nc1ccc(N2CCOCC2)nc1. The van der Waals surface area contributed by atoms with Crippen molar-refractivity contribution in [2.75, 3.05) is 36.5 Å². The predicted molar refractivity (Wildman–Crippen MR) is 91.0 cm³/mol. The van der Waals surface area contributed by atoms with Gasteiger partial charge in [-0.2, -0.15) is 13.2 Å². The van der Waals surface area contributed by atoms with Crippen molar-refractivity contribution >= 4 is 17.4 Å². The summed E-state index contributed by atoms with van der Waals surface area (Å²) in [6, 6.07) is 8.13. The number of anilines is 2. The van der Waals surface area contributed by atoms with Crippen LogP contribution in [0.1, 0.15) is 11.1 Å². The lowest BCUT2D eigenvalue weighted by Crippen LogP contribution is -2.36. The lowest BCUT2D eigenvalue weighted by Gasteiger charge is -2.27. The Morgan fingerprint density at radius 3 is 2.38 bits per heavy atom. The number of nitrogens with one attached hydrogen (secondary N) is 1. The molecular formula is C18H18F3N3O2. The highest BCUT2D eigenvalue weighted by atomic mass is 19.4. The summed E-state index contributed by atoms with van der Waals surface area (Å²) in [7, 11) is 0. The first-order valence-electron chi connectivity index (χ1n) is 8.16. The fraction of sp³-hybridized carbons (Fsp3) is 0.333. The van der Waals surface area contributed by atoms with Gasteiger partial charge in [0.15, 0.2) is 0 Å². The molecule has 138 valence electrons. The standard InChI is InChI=1S/C18H18F3N3O2/c19-18(20,21)14-3-1-13(2-4-14)11-17(25)23-15-5-6-16(22-12-15)24-7-9-26-10-8-24/h1-6,12H,7-11H2,(H,23,25). The Labute approximate surface area is 148 Å². The van der Waals surface area contributed by atoms with Crippen molar-refractivity contribution in [2.45, 2.75) is 12.6 Å². The fourth-order valence-corrected chi connectivity index (χ4v) is 2.64. The highest BCUT2D eigenvalue weighted by Crippen LogP contribution is 2.29. The number of halogens is 3. The molecule has 2 heterocycles. The summed E-state index contributed by atoms with van der Waals surface area (Å²) in [5.74, 6) is 0.500. The number of aromatic nitrogens is 1. The molecule has 1 N–H and O–H groups in total. The van der Waals surface area contributed by atoms with E-state index in [0.717, 1.165) is 31.0 Å². The number of hydrogen-bond acceptors (Lipinski definition) is 4. The van der Waals surface area contributed by atoms with Gasteiger partial charge in [0.2, 0.25) is 5.91 Å². The van der Waals surface area contributed by atoms with Gasteiger partial charge >= 0.3 is 6.18 Å². The molecule has 1 amide bonds. The number of morpholine rings is 1. The van der Waals surface area contributed by atoms with Gasteiger partial charge in [0.25, 0.3) is 0 Å². The average molecular weight is 365 g/mol. The van der Waals surface area contributed by atoms with E-state index in [1.54, 1.807) is 12.3 Å². The first kappa shape index (κ1) is 18.2. The molecule has 1 saturated heterocycles. The van der Waals surface area contributed by atoms with Gasteiger partial charge < -0.3 is 15.0 Å². The molecule has 0 radical (unpaired) electrons. The van der Waals surface area contributed by atoms with Gasteiger partial charge in [0.05, 0.1) is 37.1 Å². The second kappa shape index (κ2) is 7.74. The van der Waals surface area contributed by atoms with Crippen LogP contribution in [-0.2, 0) is 22.1 Å². The summed E-state index contributed by atoms with van der Waals surface area (Å²) >= 11 is 0. The Bertz CT molecular complexity index is 740. The average Bonchev–Trinajstić information content (AvgIpc) is 2.63. The smallest absolute Gasteiger partial charge is 0.378 e. The Kier molecular flexibility index (Phi) is 5.41. The van der Waals surface area contributed by atoms with Crippen molar-refractivity contribution in [3.05, 3.63) is 53.7 Å². The van der Waals surface area contributed by atoms with Crippen LogP contribution in [0.5, 0.6) is 0 Å². The van der Waals surface area contributed by atoms with Crippen molar-refractivity contribution in [1.29, 1.82) is 0 Å². The minimum absolute atomic E-state index is 0.0106. The highest BCUT2D eigenvalue weighted by molar-refractivity contribution is 5.92. The van der Waals surface area contributed by atoms with E-state index >= 15 is 0 Å². The molecule has 1 aliphatic heterocycles. The molecule has 0 saturated carbocycles. The highest BCUT2D eigenvalue weighted by Gasteiger charge is 2.29. The van der Waals surface area contributed by atoms with Crippen molar-refractivity contribution in [2.24, 2.45) is 0 Å². The normalized spacial score (nSPS) is 15.0. The van der Waals surface area contributed by atoms with Gasteiger partial charge in [0.1, 0.15) is 5.82 Å². The molecule has 1 aromatic carbocycles. The molecule has 0 aliphatic carbocycles. The molecular weight excluding hydrogens is 347 g/mol. The zero-order valence-electron chi connectivity index (χ0n) is 13.9. The third-order valence-corrected chi connectivity index (χ3v) is 4.01. The number of nitrogens with zero attached hydrogens (tertiary/aromatic N) is 2. The molecule has 1 fully saturated rings. The van der Waals surface area contributed by atoms with Gasteiger partial charge in [-0.05, 0) is 29.8 Å². The van der Waals surface area contributed by atoms with Crippen LogP contribution in [0, 0.1) is 0 Å². The number of hydrogen-bond donors (Lipinski definition) is 1. The first-order chi connectivity index (χ1) is 12.4. The van der Waals surface area contributed by atoms with Crippen LogP contribution in [0.25, 0.3) is 0 Å². The number of alkyl halides is 3. The summed E-state index contributed by atoms with van der Waals surface area (Å²) < 4.78 is 42.9. The van der Waals surface area contributed by atoms with Crippen LogP contribution < -0.4 is 10.2 Å². The van der Waals surface area contributed by atoms with E-state index < -0.39 is 11.7 Å². The molecule has 0 atom stereocenters. The third kappa shape index (κ3) is 4.72. The summed E-state index contributed by atoms with van der Waals surface area (Å²) in [5.41, 5.74) is 0.317. The Balaban J connectivity index is 1.56. The number of pyridine rings is 1. The largest absolute Gasteiger partial charge is 0.416 e. The predicted octanol–water partition coefficient (Wildman–Crippen LogP) is 3.12. The van der Waals surface area contributed by atoms with Gasteiger partial charge in [-0.1, -0.05) is 12.1 Å². The van der Waals surface area contributed by atoms with E-state index in [9.17, 15) is 18.0 Å². The minimum atomic E-state index is -4.38. The molecule has 1 aromatic heterocycles. The number of carbonyl (C=O) groups is 1. The number of amides is 1. The van der Waals surface area contributed by atoms with Gasteiger partial charge in [0, 0.05) is 13.1 Å². The van der Waals surface area contributed by atoms with E-state index in [0.29, 0.717) is 24.5 Å². The zero-order chi connectivity index (χ0) is 18.6. The van der Waals surface area contributed by atoms with Crippen LogP contribution in [0.4, 0.5) is 24.7 Å². The maximum Gasteiger partial charge on any atom is 0.416 e. The second-order valence-electron chi connectivity index (χ2n) is 5.92. The molecule has 0 unspecified atom stereocenters. The quantitative estimate of drug-likeness (QED) is 0.905. The number of benzene rings is 1. The van der Waals surface area contributed by atoms with E-state index in [2.05, 4.69) is 15.2 Å². The van der Waals surface area contributed by atoms with Crippen molar-refractivity contribution in [3.8, 4) is 0 Å². The number of carbonyl (C=O) groups excluding carboxylic acids is 1. The van der Waals surface area contributed by atoms with Crippen LogP contribution in [0.3, 0.4) is 0 Å². The summed E-state index contributed by atoms with van der Waals surface area (Å²) in [5, 5.41) is 2.70. The molecule has 0 spiro atoms. The molecule has 5 nitrogen and oxygen atoms in total. The summed E-state index contributed by atoms with van der Waals surface area (Å²) in [4.78, 5) is 18.5. The number of ether oxygens (including phenoxy) is 1. The third-order valence-electron chi connectivity index (χ3n) is 4.01. The Morgan fingerprint density at radius 2 is 1.81 bits per heavy atom. The molecule has 0 bridgehead atoms. The van der Waals surface area contributed by atoms with Gasteiger partial charge in [-0.15, -0.1) is 0 Å². The maximum atomic E-state index is 12.5. The lowest BCUT2D eigenvalue weighted by atomic mass is 10.1. The van der Waals surface area contributed by atoms with Crippen LogP contribution in [0.2, 0.25) is 0 Å². The molecule has 2 aromatic rings. The van der Waals surface area contributed by atoms with Crippen LogP contribution in [-0.4, -0.2) is 37.2 Å². The Hall–Kier alpha value is -2.61. The van der Waals surface area contributed by atoms with E-state index in [4.69, 9.17) is 4.74 Å². The summed E-state index contributed by atoms with van der Waals surface area (Å²) in [6.07, 6.45) is -2.83. The molecule has 8 heteroatoms. The molecule has 1 aliphatic rings. The van der Waals surface area contributed by atoms with Crippen molar-refractivity contribution in [3.63, 3.8) is 0 Å². The van der Waals surface area contributed by atoms with Crippen LogP contribution >= 0.6 is 0 Å². The monoisotopic (exact) mass is 365 g/mol. The first-order valence-corrected chi connectivity index (χ1v) is 8.16. The van der Waals surface area contributed by atoms with E-state index in [1.165, 1.54) is 12.1 Å². The lowest BCUT2D eigenvalue weighted by molar-refractivity contribution is -0.137. The minimum Gasteiger partial charge on any atom is -0.378 e.